The molecule has 2 fully saturated rings. The topological polar surface area (TPSA) is 57.7 Å². The molecule has 0 bridgehead atoms. The van der Waals surface area contributed by atoms with E-state index in [1.165, 1.54) is 4.31 Å². The Bertz CT molecular complexity index is 894. The van der Waals surface area contributed by atoms with E-state index in [-0.39, 0.29) is 17.7 Å². The number of benzene rings is 2. The third-order valence-electron chi connectivity index (χ3n) is 5.20. The third kappa shape index (κ3) is 3.09. The number of anilines is 1. The van der Waals surface area contributed by atoms with Gasteiger partial charge in [0.2, 0.25) is 10.0 Å². The summed E-state index contributed by atoms with van der Waals surface area (Å²) in [5.41, 5.74) is 2.41. The standard InChI is InChI=1S/C20H22N2O3S/c23-20(21-13-4-8-19(21)16-6-2-1-3-7-16)17-9-11-18(12-10-17)22-14-5-15-26(22,24)25/h1-3,6-7,9-12,19H,4-5,8,13-15H2. The molecular weight excluding hydrogens is 348 g/mol. The van der Waals surface area contributed by atoms with E-state index in [1.54, 1.807) is 24.3 Å². The lowest BCUT2D eigenvalue weighted by Gasteiger charge is -2.25. The van der Waals surface area contributed by atoms with Crippen LogP contribution in [0.5, 0.6) is 0 Å². The Kier molecular flexibility index (Phi) is 4.44. The molecule has 0 saturated carbocycles. The molecule has 2 heterocycles. The minimum absolute atomic E-state index is 0.00665. The molecular formula is C20H22N2O3S. The van der Waals surface area contributed by atoms with Gasteiger partial charge in [-0.1, -0.05) is 30.3 Å². The van der Waals surface area contributed by atoms with E-state index in [2.05, 4.69) is 12.1 Å². The quantitative estimate of drug-likeness (QED) is 0.834. The molecule has 1 unspecified atom stereocenters. The van der Waals surface area contributed by atoms with Gasteiger partial charge in [-0.25, -0.2) is 8.42 Å². The molecule has 2 saturated heterocycles. The van der Waals surface area contributed by atoms with E-state index in [0.29, 0.717) is 24.2 Å². The highest BCUT2D eigenvalue weighted by molar-refractivity contribution is 7.93. The summed E-state index contributed by atoms with van der Waals surface area (Å²) in [6.07, 6.45) is 2.62. The highest BCUT2D eigenvalue weighted by Gasteiger charge is 2.31. The number of hydrogen-bond donors (Lipinski definition) is 0. The van der Waals surface area contributed by atoms with E-state index in [9.17, 15) is 13.2 Å². The molecule has 4 rings (SSSR count). The van der Waals surface area contributed by atoms with Crippen LogP contribution in [0.1, 0.15) is 41.2 Å². The number of rotatable bonds is 3. The number of nitrogens with zero attached hydrogens (tertiary/aromatic N) is 2. The first-order valence-electron chi connectivity index (χ1n) is 9.03. The summed E-state index contributed by atoms with van der Waals surface area (Å²) >= 11 is 0. The molecule has 1 atom stereocenters. The van der Waals surface area contributed by atoms with Crippen LogP contribution in [0.3, 0.4) is 0 Å². The van der Waals surface area contributed by atoms with Gasteiger partial charge < -0.3 is 4.90 Å². The molecule has 2 aliphatic heterocycles. The normalized spacial score (nSPS) is 21.9. The minimum Gasteiger partial charge on any atom is -0.332 e. The van der Waals surface area contributed by atoms with Gasteiger partial charge in [0.1, 0.15) is 0 Å². The largest absolute Gasteiger partial charge is 0.332 e. The fraction of sp³-hybridized carbons (Fsp3) is 0.350. The Morgan fingerprint density at radius 2 is 1.65 bits per heavy atom. The second kappa shape index (κ2) is 6.76. The molecule has 0 N–H and O–H groups in total. The zero-order valence-corrected chi connectivity index (χ0v) is 15.4. The third-order valence-corrected chi connectivity index (χ3v) is 7.07. The Labute approximate surface area is 154 Å². The highest BCUT2D eigenvalue weighted by Crippen LogP contribution is 2.33. The van der Waals surface area contributed by atoms with Crippen LogP contribution < -0.4 is 4.31 Å². The Morgan fingerprint density at radius 1 is 0.923 bits per heavy atom. The van der Waals surface area contributed by atoms with Crippen LogP contribution in [0, 0.1) is 0 Å². The van der Waals surface area contributed by atoms with Gasteiger partial charge in [-0.3, -0.25) is 9.10 Å². The van der Waals surface area contributed by atoms with Crippen molar-refractivity contribution >= 4 is 21.6 Å². The summed E-state index contributed by atoms with van der Waals surface area (Å²) in [6, 6.07) is 17.2. The van der Waals surface area contributed by atoms with Crippen molar-refractivity contribution in [2.45, 2.75) is 25.3 Å². The number of hydrogen-bond acceptors (Lipinski definition) is 3. The molecule has 2 aromatic carbocycles. The highest BCUT2D eigenvalue weighted by atomic mass is 32.2. The molecule has 5 nitrogen and oxygen atoms in total. The van der Waals surface area contributed by atoms with Gasteiger partial charge in [-0.15, -0.1) is 0 Å². The van der Waals surface area contributed by atoms with Gasteiger partial charge in [0.05, 0.1) is 17.5 Å². The molecule has 136 valence electrons. The second-order valence-corrected chi connectivity index (χ2v) is 8.87. The maximum atomic E-state index is 13.0. The summed E-state index contributed by atoms with van der Waals surface area (Å²) in [4.78, 5) is 14.9. The van der Waals surface area contributed by atoms with Crippen molar-refractivity contribution in [1.82, 2.24) is 4.90 Å². The Balaban J connectivity index is 1.55. The predicted octanol–water partition coefficient (Wildman–Crippen LogP) is 3.20. The van der Waals surface area contributed by atoms with Crippen molar-refractivity contribution in [1.29, 1.82) is 0 Å². The van der Waals surface area contributed by atoms with Gasteiger partial charge in [0.15, 0.2) is 0 Å². The first-order valence-corrected chi connectivity index (χ1v) is 10.6. The van der Waals surface area contributed by atoms with E-state index in [0.717, 1.165) is 24.9 Å². The first-order chi connectivity index (χ1) is 12.6. The number of carbonyl (C=O) groups excluding carboxylic acids is 1. The van der Waals surface area contributed by atoms with E-state index >= 15 is 0 Å². The maximum Gasteiger partial charge on any atom is 0.254 e. The number of sulfonamides is 1. The van der Waals surface area contributed by atoms with Crippen LogP contribution in [0.15, 0.2) is 54.6 Å². The smallest absolute Gasteiger partial charge is 0.254 e. The summed E-state index contributed by atoms with van der Waals surface area (Å²) in [5, 5.41) is 0. The Morgan fingerprint density at radius 3 is 2.31 bits per heavy atom. The van der Waals surface area contributed by atoms with E-state index in [1.807, 2.05) is 23.1 Å². The van der Waals surface area contributed by atoms with Crippen LogP contribution >= 0.6 is 0 Å². The summed E-state index contributed by atoms with van der Waals surface area (Å²) in [5.74, 6) is 0.201. The molecule has 0 aliphatic carbocycles. The van der Waals surface area contributed by atoms with Crippen molar-refractivity contribution in [2.24, 2.45) is 0 Å². The zero-order chi connectivity index (χ0) is 18.1. The van der Waals surface area contributed by atoms with Crippen molar-refractivity contribution in [3.05, 3.63) is 65.7 Å². The molecule has 26 heavy (non-hydrogen) atoms. The molecule has 0 aromatic heterocycles. The maximum absolute atomic E-state index is 13.0. The molecule has 0 radical (unpaired) electrons. The fourth-order valence-corrected chi connectivity index (χ4v) is 5.46. The van der Waals surface area contributed by atoms with E-state index in [4.69, 9.17) is 0 Å². The van der Waals surface area contributed by atoms with Gasteiger partial charge in [-0.2, -0.15) is 0 Å². The van der Waals surface area contributed by atoms with Crippen LogP contribution in [-0.4, -0.2) is 38.1 Å². The molecule has 1 amide bonds. The van der Waals surface area contributed by atoms with Gasteiger partial charge in [0, 0.05) is 18.7 Å². The SMILES string of the molecule is O=C(c1ccc(N2CCCS2(=O)=O)cc1)N1CCCC1c1ccccc1. The van der Waals surface area contributed by atoms with Crippen molar-refractivity contribution in [3.8, 4) is 0 Å². The van der Waals surface area contributed by atoms with Crippen LogP contribution in [-0.2, 0) is 10.0 Å². The Hall–Kier alpha value is -2.34. The van der Waals surface area contributed by atoms with Gasteiger partial charge >= 0.3 is 0 Å². The van der Waals surface area contributed by atoms with Crippen molar-refractivity contribution in [3.63, 3.8) is 0 Å². The molecule has 2 aromatic rings. The predicted molar refractivity (Wildman–Crippen MR) is 102 cm³/mol. The lowest BCUT2D eigenvalue weighted by molar-refractivity contribution is 0.0735. The van der Waals surface area contributed by atoms with Gasteiger partial charge in [0.25, 0.3) is 5.91 Å². The van der Waals surface area contributed by atoms with Crippen LogP contribution in [0.4, 0.5) is 5.69 Å². The van der Waals surface area contributed by atoms with Crippen molar-refractivity contribution in [2.75, 3.05) is 23.1 Å². The minimum atomic E-state index is -3.20. The lowest BCUT2D eigenvalue weighted by atomic mass is 10.0. The average Bonchev–Trinajstić information content (AvgIpc) is 3.28. The summed E-state index contributed by atoms with van der Waals surface area (Å²) in [7, 11) is -3.20. The van der Waals surface area contributed by atoms with Crippen LogP contribution in [0.2, 0.25) is 0 Å². The number of likely N-dealkylation sites (tertiary alicyclic amines) is 1. The molecule has 6 heteroatoms. The lowest BCUT2D eigenvalue weighted by Crippen LogP contribution is -2.30. The summed E-state index contributed by atoms with van der Waals surface area (Å²) < 4.78 is 25.5. The van der Waals surface area contributed by atoms with Gasteiger partial charge in [-0.05, 0) is 49.1 Å². The molecule has 0 spiro atoms. The summed E-state index contributed by atoms with van der Waals surface area (Å²) in [6.45, 7) is 1.26. The zero-order valence-electron chi connectivity index (χ0n) is 14.5. The number of amides is 1. The van der Waals surface area contributed by atoms with Crippen molar-refractivity contribution < 1.29 is 13.2 Å². The first kappa shape index (κ1) is 17.1. The second-order valence-electron chi connectivity index (χ2n) is 6.86. The fourth-order valence-electron chi connectivity index (χ4n) is 3.90. The van der Waals surface area contributed by atoms with Crippen LogP contribution in [0.25, 0.3) is 0 Å². The van der Waals surface area contributed by atoms with E-state index < -0.39 is 10.0 Å². The molecule has 2 aliphatic rings. The monoisotopic (exact) mass is 370 g/mol. The average molecular weight is 370 g/mol. The number of carbonyl (C=O) groups is 1.